The molecule has 0 radical (unpaired) electrons. The Hall–Kier alpha value is -2.67. The van der Waals surface area contributed by atoms with E-state index < -0.39 is 41.9 Å². The van der Waals surface area contributed by atoms with Gasteiger partial charge in [0.15, 0.2) is 0 Å². The van der Waals surface area contributed by atoms with E-state index >= 15 is 0 Å². The lowest BCUT2D eigenvalue weighted by atomic mass is 9.82. The Morgan fingerprint density at radius 2 is 1.73 bits per heavy atom. The average Bonchev–Trinajstić information content (AvgIpc) is 3.07. The normalized spacial score (nSPS) is 28.5. The Balaban J connectivity index is 1.80. The maximum absolute atomic E-state index is 12.4. The molecule has 2 heterocycles. The van der Waals surface area contributed by atoms with Gasteiger partial charge >= 0.3 is 11.9 Å². The summed E-state index contributed by atoms with van der Waals surface area (Å²) in [5, 5.41) is 20.8. The first-order chi connectivity index (χ1) is 10.5. The molecule has 1 aromatic carbocycles. The van der Waals surface area contributed by atoms with Gasteiger partial charge in [-0.25, -0.2) is 4.79 Å². The lowest BCUT2D eigenvalue weighted by molar-refractivity contribution is -0.145. The molecule has 4 atom stereocenters. The molecule has 2 aliphatic heterocycles. The van der Waals surface area contributed by atoms with E-state index in [2.05, 4.69) is 5.32 Å². The molecule has 0 aliphatic carbocycles. The fourth-order valence-electron chi connectivity index (χ4n) is 2.87. The van der Waals surface area contributed by atoms with E-state index in [4.69, 9.17) is 9.84 Å². The molecule has 7 nitrogen and oxygen atoms in total. The molecule has 3 rings (SSSR count). The summed E-state index contributed by atoms with van der Waals surface area (Å²) >= 11 is 0. The molecular formula is C15H13NO6. The van der Waals surface area contributed by atoms with Crippen LogP contribution in [-0.2, 0) is 14.3 Å². The number of carboxylic acids is 2. The lowest BCUT2D eigenvalue weighted by Gasteiger charge is -2.21. The smallest absolute Gasteiger partial charge is 0.335 e. The highest BCUT2D eigenvalue weighted by Crippen LogP contribution is 2.39. The number of rotatable bonds is 4. The minimum absolute atomic E-state index is 0.0386. The molecule has 1 fully saturated rings. The highest BCUT2D eigenvalue weighted by atomic mass is 16.5. The number of hydrogen-bond acceptors (Lipinski definition) is 4. The van der Waals surface area contributed by atoms with Gasteiger partial charge < -0.3 is 20.3 Å². The minimum Gasteiger partial charge on any atom is -0.481 e. The van der Waals surface area contributed by atoms with Gasteiger partial charge in [0.25, 0.3) is 0 Å². The molecule has 1 saturated heterocycles. The summed E-state index contributed by atoms with van der Waals surface area (Å²) in [4.78, 5) is 34.6. The fraction of sp³-hybridized carbons (Fsp3) is 0.267. The van der Waals surface area contributed by atoms with E-state index in [0.29, 0.717) is 5.69 Å². The van der Waals surface area contributed by atoms with Crippen LogP contribution in [0, 0.1) is 11.8 Å². The van der Waals surface area contributed by atoms with E-state index in [-0.39, 0.29) is 5.56 Å². The third kappa shape index (κ3) is 2.35. The quantitative estimate of drug-likeness (QED) is 0.715. The molecule has 22 heavy (non-hydrogen) atoms. The van der Waals surface area contributed by atoms with E-state index in [1.54, 1.807) is 18.2 Å². The van der Waals surface area contributed by atoms with Gasteiger partial charge in [-0.05, 0) is 18.2 Å². The number of aromatic carboxylic acids is 1. The number of carboxylic acid groups (broad SMARTS) is 2. The molecule has 0 spiro atoms. The summed E-state index contributed by atoms with van der Waals surface area (Å²) in [6.07, 6.45) is 2.18. The van der Waals surface area contributed by atoms with Crippen molar-refractivity contribution in [2.75, 3.05) is 5.32 Å². The number of carbonyl (C=O) groups excluding carboxylic acids is 1. The molecule has 2 bridgehead atoms. The largest absolute Gasteiger partial charge is 0.481 e. The molecule has 114 valence electrons. The van der Waals surface area contributed by atoms with Crippen molar-refractivity contribution in [3.8, 4) is 0 Å². The Bertz CT molecular complexity index is 682. The molecule has 0 unspecified atom stereocenters. The van der Waals surface area contributed by atoms with Crippen molar-refractivity contribution in [2.24, 2.45) is 11.8 Å². The number of ether oxygens (including phenoxy) is 1. The van der Waals surface area contributed by atoms with Crippen LogP contribution in [-0.4, -0.2) is 40.3 Å². The van der Waals surface area contributed by atoms with Crippen molar-refractivity contribution in [3.63, 3.8) is 0 Å². The molecule has 1 aromatic rings. The Morgan fingerprint density at radius 1 is 1.05 bits per heavy atom. The summed E-state index contributed by atoms with van der Waals surface area (Å²) in [5.74, 6) is -4.45. The first-order valence-corrected chi connectivity index (χ1v) is 6.68. The third-order valence-electron chi connectivity index (χ3n) is 3.86. The standard InChI is InChI=1S/C15H13NO6/c17-13(16-8-3-1-2-7(6-8)14(18)19)11-9-4-5-10(22-9)12(11)15(20)21/h1-6,9-12H,(H,16,17)(H,18,19)(H,20,21)/t9-,10-,11-,12-/m0/s1. The number of aliphatic carboxylic acids is 1. The number of nitrogens with one attached hydrogen (secondary N) is 1. The molecule has 1 amide bonds. The van der Waals surface area contributed by atoms with E-state index in [9.17, 15) is 19.5 Å². The van der Waals surface area contributed by atoms with E-state index in [1.165, 1.54) is 18.2 Å². The number of amides is 1. The molecular weight excluding hydrogens is 290 g/mol. The Kier molecular flexibility index (Phi) is 3.42. The van der Waals surface area contributed by atoms with Crippen molar-refractivity contribution in [2.45, 2.75) is 12.2 Å². The molecule has 0 saturated carbocycles. The zero-order valence-corrected chi connectivity index (χ0v) is 11.3. The van der Waals surface area contributed by atoms with E-state index in [0.717, 1.165) is 0 Å². The van der Waals surface area contributed by atoms with Crippen molar-refractivity contribution >= 4 is 23.5 Å². The summed E-state index contributed by atoms with van der Waals surface area (Å²) in [5.41, 5.74) is 0.345. The van der Waals surface area contributed by atoms with Crippen molar-refractivity contribution in [1.29, 1.82) is 0 Å². The van der Waals surface area contributed by atoms with Crippen LogP contribution in [0.1, 0.15) is 10.4 Å². The first kappa shape index (κ1) is 14.3. The zero-order valence-electron chi connectivity index (χ0n) is 11.3. The molecule has 2 aliphatic rings. The van der Waals surface area contributed by atoms with Gasteiger partial charge in [-0.3, -0.25) is 9.59 Å². The second kappa shape index (κ2) is 5.27. The third-order valence-corrected chi connectivity index (χ3v) is 3.86. The average molecular weight is 303 g/mol. The number of benzene rings is 1. The summed E-state index contributed by atoms with van der Waals surface area (Å²) in [7, 11) is 0. The summed E-state index contributed by atoms with van der Waals surface area (Å²) in [6, 6.07) is 5.77. The number of carbonyl (C=O) groups is 3. The van der Waals surface area contributed by atoms with Gasteiger partial charge in [0, 0.05) is 5.69 Å². The van der Waals surface area contributed by atoms with Gasteiger partial charge in [-0.2, -0.15) is 0 Å². The van der Waals surface area contributed by atoms with Crippen LogP contribution in [0.3, 0.4) is 0 Å². The van der Waals surface area contributed by atoms with Crippen LogP contribution in [0.5, 0.6) is 0 Å². The molecule has 7 heteroatoms. The van der Waals surface area contributed by atoms with E-state index in [1.807, 2.05) is 0 Å². The van der Waals surface area contributed by atoms with Crippen LogP contribution in [0.4, 0.5) is 5.69 Å². The Morgan fingerprint density at radius 3 is 2.36 bits per heavy atom. The predicted molar refractivity (Wildman–Crippen MR) is 74.4 cm³/mol. The van der Waals surface area contributed by atoms with Crippen LogP contribution >= 0.6 is 0 Å². The van der Waals surface area contributed by atoms with Gasteiger partial charge in [0.2, 0.25) is 5.91 Å². The number of fused-ring (bicyclic) bond motifs is 2. The highest BCUT2D eigenvalue weighted by Gasteiger charge is 2.53. The maximum Gasteiger partial charge on any atom is 0.335 e. The van der Waals surface area contributed by atoms with Gasteiger partial charge in [-0.15, -0.1) is 0 Å². The fourth-order valence-corrected chi connectivity index (χ4v) is 2.87. The van der Waals surface area contributed by atoms with Crippen molar-refractivity contribution in [1.82, 2.24) is 0 Å². The second-order valence-electron chi connectivity index (χ2n) is 5.22. The van der Waals surface area contributed by atoms with Crippen molar-refractivity contribution in [3.05, 3.63) is 42.0 Å². The monoisotopic (exact) mass is 303 g/mol. The summed E-state index contributed by atoms with van der Waals surface area (Å²) < 4.78 is 5.43. The SMILES string of the molecule is O=C(O)c1cccc(NC(=O)[C@@H]2[C@@H](C(=O)O)[C@@H]3C=C[C@@H]2O3)c1. The Labute approximate surface area is 125 Å². The predicted octanol–water partition coefficient (Wildman–Crippen LogP) is 0.977. The van der Waals surface area contributed by atoms with Crippen LogP contribution in [0.2, 0.25) is 0 Å². The summed E-state index contributed by atoms with van der Waals surface area (Å²) in [6.45, 7) is 0. The zero-order chi connectivity index (χ0) is 15.9. The second-order valence-corrected chi connectivity index (χ2v) is 5.22. The first-order valence-electron chi connectivity index (χ1n) is 6.68. The topological polar surface area (TPSA) is 113 Å². The van der Waals surface area contributed by atoms with Crippen LogP contribution < -0.4 is 5.32 Å². The van der Waals surface area contributed by atoms with Crippen LogP contribution in [0.25, 0.3) is 0 Å². The minimum atomic E-state index is -1.11. The maximum atomic E-state index is 12.4. The molecule has 3 N–H and O–H groups in total. The number of anilines is 1. The van der Waals surface area contributed by atoms with Crippen molar-refractivity contribution < 1.29 is 29.3 Å². The lowest BCUT2D eigenvalue weighted by Crippen LogP contribution is -2.39. The van der Waals surface area contributed by atoms with Gasteiger partial charge in [0.1, 0.15) is 5.92 Å². The number of hydrogen-bond donors (Lipinski definition) is 3. The van der Waals surface area contributed by atoms with Gasteiger partial charge in [-0.1, -0.05) is 18.2 Å². The van der Waals surface area contributed by atoms with Gasteiger partial charge in [0.05, 0.1) is 23.7 Å². The van der Waals surface area contributed by atoms with Crippen LogP contribution in [0.15, 0.2) is 36.4 Å². The highest BCUT2D eigenvalue weighted by molar-refractivity contribution is 5.98. The molecule has 0 aromatic heterocycles.